The van der Waals surface area contributed by atoms with Gasteiger partial charge < -0.3 is 15.2 Å². The van der Waals surface area contributed by atoms with Crippen molar-refractivity contribution in [3.05, 3.63) is 52.6 Å². The SMILES string of the molecule is CC(C)C(NC(=O)Nc1ccc([N+](=O)[O-])cc1)c1nccn1C. The molecule has 2 rings (SSSR count). The van der Waals surface area contributed by atoms with Gasteiger partial charge in [-0.05, 0) is 18.1 Å². The molecular weight excluding hydrogens is 298 g/mol. The summed E-state index contributed by atoms with van der Waals surface area (Å²) in [5.74, 6) is 0.914. The van der Waals surface area contributed by atoms with Gasteiger partial charge >= 0.3 is 6.03 Å². The number of aryl methyl sites for hydroxylation is 1. The van der Waals surface area contributed by atoms with Crippen LogP contribution in [0.15, 0.2) is 36.7 Å². The largest absolute Gasteiger partial charge is 0.336 e. The third kappa shape index (κ3) is 4.06. The Balaban J connectivity index is 2.05. The van der Waals surface area contributed by atoms with E-state index in [1.807, 2.05) is 31.7 Å². The zero-order valence-corrected chi connectivity index (χ0v) is 13.2. The Labute approximate surface area is 133 Å². The number of aromatic nitrogens is 2. The summed E-state index contributed by atoms with van der Waals surface area (Å²) in [5.41, 5.74) is 0.458. The number of carbonyl (C=O) groups is 1. The maximum absolute atomic E-state index is 12.2. The molecule has 2 amide bonds. The Kier molecular flexibility index (Phi) is 4.95. The highest BCUT2D eigenvalue weighted by molar-refractivity contribution is 5.89. The van der Waals surface area contributed by atoms with Crippen molar-refractivity contribution in [2.75, 3.05) is 5.32 Å². The predicted octanol–water partition coefficient (Wildman–Crippen LogP) is 2.85. The summed E-state index contributed by atoms with van der Waals surface area (Å²) in [6.07, 6.45) is 3.50. The minimum absolute atomic E-state index is 0.0241. The lowest BCUT2D eigenvalue weighted by Gasteiger charge is -2.22. The standard InChI is InChI=1S/C15H19N5O3/c1-10(2)13(14-16-8-9-19(14)3)18-15(21)17-11-4-6-12(7-5-11)20(22)23/h4-10,13H,1-3H3,(H2,17,18,21). The van der Waals surface area contributed by atoms with Crippen molar-refractivity contribution in [3.63, 3.8) is 0 Å². The summed E-state index contributed by atoms with van der Waals surface area (Å²) in [7, 11) is 1.87. The van der Waals surface area contributed by atoms with Crippen molar-refractivity contribution in [2.45, 2.75) is 19.9 Å². The van der Waals surface area contributed by atoms with Gasteiger partial charge in [0.1, 0.15) is 5.82 Å². The van der Waals surface area contributed by atoms with E-state index in [0.29, 0.717) is 5.69 Å². The number of anilines is 1. The average Bonchev–Trinajstić information content (AvgIpc) is 2.91. The van der Waals surface area contributed by atoms with Crippen LogP contribution in [0.1, 0.15) is 25.7 Å². The van der Waals surface area contributed by atoms with Gasteiger partial charge in [-0.1, -0.05) is 13.8 Å². The molecule has 0 radical (unpaired) electrons. The topological polar surface area (TPSA) is 102 Å². The number of amides is 2. The number of benzene rings is 1. The molecule has 8 nitrogen and oxygen atoms in total. The quantitative estimate of drug-likeness (QED) is 0.654. The molecule has 1 atom stereocenters. The number of nitrogens with zero attached hydrogens (tertiary/aromatic N) is 3. The lowest BCUT2D eigenvalue weighted by molar-refractivity contribution is -0.384. The normalized spacial score (nSPS) is 12.0. The summed E-state index contributed by atoms with van der Waals surface area (Å²) in [6.45, 7) is 3.98. The molecule has 0 aliphatic carbocycles. The van der Waals surface area contributed by atoms with Crippen LogP contribution >= 0.6 is 0 Å². The van der Waals surface area contributed by atoms with Gasteiger partial charge in [0.25, 0.3) is 5.69 Å². The van der Waals surface area contributed by atoms with Crippen LogP contribution in [-0.4, -0.2) is 20.5 Å². The first-order valence-corrected chi connectivity index (χ1v) is 7.17. The maximum atomic E-state index is 12.2. The number of imidazole rings is 1. The Bertz CT molecular complexity index is 693. The van der Waals surface area contributed by atoms with E-state index < -0.39 is 4.92 Å². The molecule has 0 saturated heterocycles. The number of carbonyl (C=O) groups excluding carboxylic acids is 1. The van der Waals surface area contributed by atoms with Crippen molar-refractivity contribution in [3.8, 4) is 0 Å². The van der Waals surface area contributed by atoms with Gasteiger partial charge in [-0.3, -0.25) is 10.1 Å². The fourth-order valence-electron chi connectivity index (χ4n) is 2.18. The molecule has 0 aliphatic heterocycles. The highest BCUT2D eigenvalue weighted by atomic mass is 16.6. The number of urea groups is 1. The molecule has 2 N–H and O–H groups in total. The number of nitro benzene ring substituents is 1. The molecule has 1 heterocycles. The van der Waals surface area contributed by atoms with Crippen molar-refractivity contribution in [1.29, 1.82) is 0 Å². The number of non-ortho nitro benzene ring substituents is 1. The molecule has 1 aromatic carbocycles. The van der Waals surface area contributed by atoms with Gasteiger partial charge in [-0.25, -0.2) is 9.78 Å². The minimum Gasteiger partial charge on any atom is -0.336 e. The van der Waals surface area contributed by atoms with Gasteiger partial charge in [0, 0.05) is 37.3 Å². The van der Waals surface area contributed by atoms with Crippen LogP contribution in [0.3, 0.4) is 0 Å². The molecule has 1 unspecified atom stereocenters. The molecule has 8 heteroatoms. The zero-order chi connectivity index (χ0) is 17.0. The number of nitrogens with one attached hydrogen (secondary N) is 2. The van der Waals surface area contributed by atoms with Crippen molar-refractivity contribution in [2.24, 2.45) is 13.0 Å². The highest BCUT2D eigenvalue weighted by Crippen LogP contribution is 2.20. The van der Waals surface area contributed by atoms with Crippen LogP contribution in [-0.2, 0) is 7.05 Å². The van der Waals surface area contributed by atoms with Gasteiger partial charge in [0.05, 0.1) is 11.0 Å². The van der Waals surface area contributed by atoms with Gasteiger partial charge in [-0.15, -0.1) is 0 Å². The molecular formula is C15H19N5O3. The van der Waals surface area contributed by atoms with Gasteiger partial charge in [-0.2, -0.15) is 0 Å². The lowest BCUT2D eigenvalue weighted by Crippen LogP contribution is -2.36. The molecule has 122 valence electrons. The number of hydrogen-bond acceptors (Lipinski definition) is 4. The second kappa shape index (κ2) is 6.91. The molecule has 23 heavy (non-hydrogen) atoms. The highest BCUT2D eigenvalue weighted by Gasteiger charge is 2.22. The van der Waals surface area contributed by atoms with Crippen molar-refractivity contribution < 1.29 is 9.72 Å². The summed E-state index contributed by atoms with van der Waals surface area (Å²) < 4.78 is 1.86. The molecule has 0 bridgehead atoms. The van der Waals surface area contributed by atoms with E-state index in [1.165, 1.54) is 24.3 Å². The van der Waals surface area contributed by atoms with Crippen molar-refractivity contribution in [1.82, 2.24) is 14.9 Å². The Hall–Kier alpha value is -2.90. The summed E-state index contributed by atoms with van der Waals surface area (Å²) in [4.78, 5) is 26.6. The van der Waals surface area contributed by atoms with Crippen LogP contribution < -0.4 is 10.6 Å². The number of nitro groups is 1. The van der Waals surface area contributed by atoms with Crippen LogP contribution in [0.4, 0.5) is 16.2 Å². The van der Waals surface area contributed by atoms with E-state index in [-0.39, 0.29) is 23.7 Å². The second-order valence-electron chi connectivity index (χ2n) is 5.52. The molecule has 0 fully saturated rings. The zero-order valence-electron chi connectivity index (χ0n) is 13.2. The first kappa shape index (κ1) is 16.5. The van der Waals surface area contributed by atoms with E-state index in [9.17, 15) is 14.9 Å². The van der Waals surface area contributed by atoms with E-state index >= 15 is 0 Å². The van der Waals surface area contributed by atoms with Gasteiger partial charge in [0.2, 0.25) is 0 Å². The Morgan fingerprint density at radius 3 is 2.43 bits per heavy atom. The van der Waals surface area contributed by atoms with E-state index in [1.54, 1.807) is 6.20 Å². The maximum Gasteiger partial charge on any atom is 0.319 e. The smallest absolute Gasteiger partial charge is 0.319 e. The molecule has 0 aliphatic rings. The molecule has 2 aromatic rings. The van der Waals surface area contributed by atoms with E-state index in [0.717, 1.165) is 5.82 Å². The molecule has 0 spiro atoms. The predicted molar refractivity (Wildman–Crippen MR) is 86.0 cm³/mol. The van der Waals surface area contributed by atoms with Crippen LogP contribution in [0.25, 0.3) is 0 Å². The van der Waals surface area contributed by atoms with Crippen molar-refractivity contribution >= 4 is 17.4 Å². The number of hydrogen-bond donors (Lipinski definition) is 2. The van der Waals surface area contributed by atoms with Gasteiger partial charge in [0.15, 0.2) is 0 Å². The Morgan fingerprint density at radius 2 is 1.96 bits per heavy atom. The summed E-state index contributed by atoms with van der Waals surface area (Å²) >= 11 is 0. The fourth-order valence-corrected chi connectivity index (χ4v) is 2.18. The summed E-state index contributed by atoms with van der Waals surface area (Å²) in [5, 5.41) is 16.2. The second-order valence-corrected chi connectivity index (χ2v) is 5.52. The molecule has 0 saturated carbocycles. The first-order valence-electron chi connectivity index (χ1n) is 7.17. The van der Waals surface area contributed by atoms with Crippen LogP contribution in [0.2, 0.25) is 0 Å². The fraction of sp³-hybridized carbons (Fsp3) is 0.333. The van der Waals surface area contributed by atoms with Crippen LogP contribution in [0.5, 0.6) is 0 Å². The summed E-state index contributed by atoms with van der Waals surface area (Å²) in [6, 6.07) is 5.03. The molecule has 1 aromatic heterocycles. The lowest BCUT2D eigenvalue weighted by atomic mass is 10.0. The van der Waals surface area contributed by atoms with E-state index in [4.69, 9.17) is 0 Å². The Morgan fingerprint density at radius 1 is 1.30 bits per heavy atom. The first-order chi connectivity index (χ1) is 10.9. The third-order valence-corrected chi connectivity index (χ3v) is 3.43. The van der Waals surface area contributed by atoms with Crippen LogP contribution in [0, 0.1) is 16.0 Å². The third-order valence-electron chi connectivity index (χ3n) is 3.43. The number of rotatable bonds is 5. The van der Waals surface area contributed by atoms with E-state index in [2.05, 4.69) is 15.6 Å². The average molecular weight is 317 g/mol. The monoisotopic (exact) mass is 317 g/mol. The minimum atomic E-state index is -0.486.